The molecule has 14 N–H and O–H groups in total. The summed E-state index contributed by atoms with van der Waals surface area (Å²) in [6.07, 6.45) is 1.80. The number of nitrogens with zero attached hydrogens (tertiary/aromatic N) is 5. The van der Waals surface area contributed by atoms with Crippen LogP contribution >= 0.6 is 0 Å². The van der Waals surface area contributed by atoms with Gasteiger partial charge in [0.2, 0.25) is 23.6 Å². The Kier molecular flexibility index (Phi) is 32.0. The predicted octanol–water partition coefficient (Wildman–Crippen LogP) is 0.167. The van der Waals surface area contributed by atoms with E-state index >= 15 is 0 Å². The fraction of sp³-hybridized carbons (Fsp3) is 0.517. The van der Waals surface area contributed by atoms with Crippen LogP contribution in [0.2, 0.25) is 0 Å². The van der Waals surface area contributed by atoms with E-state index in [9.17, 15) is 68.7 Å². The Morgan fingerprint density at radius 3 is 1.76 bits per heavy atom. The first-order valence-corrected chi connectivity index (χ1v) is 28.8. The number of aliphatic carboxylic acids is 4. The highest BCUT2D eigenvalue weighted by Crippen LogP contribution is 2.28. The number of carboxylic acid groups (broad SMARTS) is 4. The molecular formula is C58H85N13O15. The van der Waals surface area contributed by atoms with Gasteiger partial charge >= 0.3 is 29.9 Å². The minimum atomic E-state index is -1.08. The molecule has 0 unspecified atom stereocenters. The number of hydrogen-bond acceptors (Lipinski definition) is 16. The van der Waals surface area contributed by atoms with Crippen LogP contribution in [0.3, 0.4) is 0 Å². The lowest BCUT2D eigenvalue weighted by Crippen LogP contribution is -2.50. The van der Waals surface area contributed by atoms with Gasteiger partial charge in [-0.25, -0.2) is 4.79 Å². The number of phenolic OH excluding ortho intramolecular Hbond substituents is 1. The van der Waals surface area contributed by atoms with Crippen LogP contribution in [0.1, 0.15) is 80.9 Å². The summed E-state index contributed by atoms with van der Waals surface area (Å²) in [4.78, 5) is 123. The zero-order valence-electron chi connectivity index (χ0n) is 48.8. The van der Waals surface area contributed by atoms with Crippen LogP contribution in [0.15, 0.2) is 83.9 Å². The fourth-order valence-corrected chi connectivity index (χ4v) is 9.15. The fourth-order valence-electron chi connectivity index (χ4n) is 9.15. The summed E-state index contributed by atoms with van der Waals surface area (Å²) in [5, 5.41) is 68.0. The number of nitrogens with two attached hydrogens (primary N) is 1. The zero-order chi connectivity index (χ0) is 62.6. The molecule has 6 amide bonds. The van der Waals surface area contributed by atoms with E-state index in [-0.39, 0.29) is 148 Å². The van der Waals surface area contributed by atoms with E-state index in [1.54, 1.807) is 70.2 Å². The molecule has 0 bridgehead atoms. The van der Waals surface area contributed by atoms with Crippen LogP contribution in [-0.4, -0.2) is 228 Å². The third-order valence-electron chi connectivity index (χ3n) is 13.8. The van der Waals surface area contributed by atoms with Crippen molar-refractivity contribution in [3.05, 3.63) is 95.6 Å². The van der Waals surface area contributed by atoms with Gasteiger partial charge in [0, 0.05) is 111 Å². The molecule has 0 radical (unpaired) electrons. The van der Waals surface area contributed by atoms with Gasteiger partial charge in [-0.15, -0.1) is 0 Å². The smallest absolute Gasteiger partial charge is 0.344 e. The lowest BCUT2D eigenvalue weighted by atomic mass is 9.90. The number of nitrogens with one attached hydrogen (secondary N) is 7. The maximum Gasteiger partial charge on any atom is 0.344 e. The van der Waals surface area contributed by atoms with Crippen molar-refractivity contribution >= 4 is 59.5 Å². The summed E-state index contributed by atoms with van der Waals surface area (Å²) in [6, 6.07) is 20.1. The van der Waals surface area contributed by atoms with Crippen molar-refractivity contribution < 1.29 is 73.4 Å². The molecule has 3 atom stereocenters. The summed E-state index contributed by atoms with van der Waals surface area (Å²) in [7, 11) is 0. The predicted molar refractivity (Wildman–Crippen MR) is 317 cm³/mol. The molecule has 3 aromatic carbocycles. The second kappa shape index (κ2) is 39.2. The highest BCUT2D eigenvalue weighted by molar-refractivity contribution is 5.93. The van der Waals surface area contributed by atoms with Crippen LogP contribution in [0.4, 0.5) is 4.79 Å². The van der Waals surface area contributed by atoms with E-state index in [2.05, 4.69) is 42.2 Å². The Bertz CT molecular complexity index is 2640. The molecule has 28 nitrogen and oxygen atoms in total. The van der Waals surface area contributed by atoms with E-state index in [0.717, 1.165) is 0 Å². The third kappa shape index (κ3) is 29.4. The molecule has 28 heteroatoms. The van der Waals surface area contributed by atoms with Gasteiger partial charge in [0.05, 0.1) is 38.6 Å². The molecule has 0 aromatic heterocycles. The highest BCUT2D eigenvalue weighted by atomic mass is 16.5. The summed E-state index contributed by atoms with van der Waals surface area (Å²) >= 11 is 0. The van der Waals surface area contributed by atoms with E-state index < -0.39 is 59.7 Å². The van der Waals surface area contributed by atoms with Crippen LogP contribution in [0.25, 0.3) is 0 Å². The molecule has 0 saturated carbocycles. The van der Waals surface area contributed by atoms with Gasteiger partial charge in [0.1, 0.15) is 17.5 Å². The number of aromatic hydroxyl groups is 1. The van der Waals surface area contributed by atoms with Gasteiger partial charge in [0.15, 0.2) is 5.96 Å². The van der Waals surface area contributed by atoms with Crippen molar-refractivity contribution in [2.45, 2.75) is 82.8 Å². The van der Waals surface area contributed by atoms with Crippen molar-refractivity contribution in [2.75, 3.05) is 111 Å². The van der Waals surface area contributed by atoms with E-state index in [0.29, 0.717) is 67.8 Å². The van der Waals surface area contributed by atoms with Crippen molar-refractivity contribution in [1.82, 2.24) is 56.8 Å². The monoisotopic (exact) mass is 1200 g/mol. The first kappa shape index (κ1) is 70.0. The Labute approximate surface area is 500 Å². The number of guanidine groups is 1. The molecule has 1 aliphatic rings. The number of benzene rings is 3. The van der Waals surface area contributed by atoms with Crippen LogP contribution in [0.5, 0.6) is 11.5 Å². The number of amides is 6. The Morgan fingerprint density at radius 2 is 1.16 bits per heavy atom. The number of urea groups is 1. The number of phenols is 1. The molecule has 3 aromatic rings. The summed E-state index contributed by atoms with van der Waals surface area (Å²) < 4.78 is 6.12. The first-order chi connectivity index (χ1) is 41.3. The quantitative estimate of drug-likeness (QED) is 0.0212. The number of carbonyl (C=O) groups excluding carboxylic acids is 5. The summed E-state index contributed by atoms with van der Waals surface area (Å²) in [5.41, 5.74) is 7.90. The zero-order valence-corrected chi connectivity index (χ0v) is 48.8. The van der Waals surface area contributed by atoms with Crippen molar-refractivity contribution in [3.63, 3.8) is 0 Å². The van der Waals surface area contributed by atoms with E-state index in [4.69, 9.17) is 10.5 Å². The summed E-state index contributed by atoms with van der Waals surface area (Å²) in [6.45, 7) is 4.53. The number of rotatable bonds is 35. The standard InChI is InChI=1S/C58H85N13O15/c1-2-48(73)61-23-24-63-58(85)67-57(59)62-22-9-14-47(55(83)64-36-41-15-18-45(72)19-16-41)66-56(84)54(42-10-4-3-5-11-42)43-12-8-13-46(34-43)86-33-7-6-21-60-49(74)20-17-44(35-50(75)76)65-40-71-31-29-69(38-52(79)80)27-25-68(37-51(77)78)26-28-70(30-32-71)39-53(81)82/h3-5,8,10-13,15-16,18-19,34,44,47,54,65,72H,2,6-7,9,14,17,20-33,35-40H2,1H3,(H,60,74)(H,61,73)(H,64,83)(H,66,84)(H,75,76)(H,77,78)(H,79,80)(H,81,82)(H4,59,62,63,67,85)/t44-,47-,54+/m1/s1. The topological polar surface area (TPSA) is 400 Å². The maximum absolute atomic E-state index is 14.5. The summed E-state index contributed by atoms with van der Waals surface area (Å²) in [5.74, 6) is -6.10. The van der Waals surface area contributed by atoms with Crippen molar-refractivity contribution in [1.29, 1.82) is 0 Å². The second-order valence-electron chi connectivity index (χ2n) is 20.6. The van der Waals surface area contributed by atoms with Crippen LogP contribution in [-0.2, 0) is 44.9 Å². The number of carboxylic acids is 4. The Hall–Kier alpha value is -8.44. The van der Waals surface area contributed by atoms with Crippen LogP contribution in [0, 0.1) is 0 Å². The number of carbonyl (C=O) groups is 9. The van der Waals surface area contributed by atoms with Crippen molar-refractivity contribution in [3.8, 4) is 11.5 Å². The SMILES string of the molecule is CCC(=O)NCCNC(=O)/N=C(/N)NCCC[C@@H](NC(=O)[C@@H](c1ccccc1)c1cccc(OCCCCNC(=O)CC[C@H](CC(=O)O)NCN2CCN(CC(=O)O)CCN(CC(=O)O)CCN(CC(=O)O)CC2)c1)C(=O)NCc1ccc(O)cc1. The molecule has 1 aliphatic heterocycles. The number of aliphatic imine (C=N–C) groups is 1. The number of hydrogen-bond donors (Lipinski definition) is 13. The minimum Gasteiger partial charge on any atom is -0.508 e. The average molecular weight is 1200 g/mol. The van der Waals surface area contributed by atoms with E-state index in [1.165, 1.54) is 12.1 Å². The highest BCUT2D eigenvalue weighted by Gasteiger charge is 2.29. The molecule has 86 heavy (non-hydrogen) atoms. The average Bonchev–Trinajstić information content (AvgIpc) is 3.67. The van der Waals surface area contributed by atoms with Gasteiger partial charge in [-0.2, -0.15) is 4.99 Å². The first-order valence-electron chi connectivity index (χ1n) is 28.8. The molecule has 472 valence electrons. The van der Waals surface area contributed by atoms with Crippen LogP contribution < -0.4 is 47.7 Å². The Morgan fingerprint density at radius 1 is 0.593 bits per heavy atom. The Balaban J connectivity index is 1.31. The van der Waals surface area contributed by atoms with Gasteiger partial charge in [-0.1, -0.05) is 61.5 Å². The molecule has 1 saturated heterocycles. The maximum atomic E-state index is 14.5. The van der Waals surface area contributed by atoms with Gasteiger partial charge < -0.3 is 73.2 Å². The van der Waals surface area contributed by atoms with Gasteiger partial charge in [0.25, 0.3) is 0 Å². The molecule has 1 heterocycles. The van der Waals surface area contributed by atoms with Gasteiger partial charge in [-0.3, -0.25) is 58.0 Å². The normalized spacial score (nSPS) is 15.1. The minimum absolute atomic E-state index is 0.0226. The molecule has 0 aliphatic carbocycles. The second-order valence-corrected chi connectivity index (χ2v) is 20.6. The molecule has 4 rings (SSSR count). The number of ether oxygens (including phenoxy) is 1. The van der Waals surface area contributed by atoms with Gasteiger partial charge in [-0.05, 0) is 73.1 Å². The van der Waals surface area contributed by atoms with E-state index in [1.807, 2.05) is 23.1 Å². The lowest BCUT2D eigenvalue weighted by molar-refractivity contribution is -0.140. The molecule has 0 spiro atoms. The van der Waals surface area contributed by atoms with Crippen molar-refractivity contribution in [2.24, 2.45) is 10.7 Å². The molecular weight excluding hydrogens is 1120 g/mol. The number of unbranched alkanes of at least 4 members (excludes halogenated alkanes) is 1. The molecule has 1 fully saturated rings. The largest absolute Gasteiger partial charge is 0.508 e. The lowest BCUT2D eigenvalue weighted by Gasteiger charge is -2.33. The third-order valence-corrected chi connectivity index (χ3v) is 13.8.